The number of aliphatic hydroxyl groups excluding tert-OH is 1. The molecule has 0 bridgehead atoms. The fraction of sp³-hybridized carbons (Fsp3) is 0.529. The summed E-state index contributed by atoms with van der Waals surface area (Å²) in [6.45, 7) is 4.68. The van der Waals surface area contributed by atoms with Gasteiger partial charge >= 0.3 is 6.09 Å². The fourth-order valence-corrected chi connectivity index (χ4v) is 2.55. The van der Waals surface area contributed by atoms with Gasteiger partial charge in [-0.15, -0.1) is 0 Å². The van der Waals surface area contributed by atoms with E-state index in [2.05, 4.69) is 0 Å². The Morgan fingerprint density at radius 2 is 2.00 bits per heavy atom. The second-order valence-electron chi connectivity index (χ2n) is 6.41. The van der Waals surface area contributed by atoms with Gasteiger partial charge in [-0.3, -0.25) is 9.69 Å². The Morgan fingerprint density at radius 1 is 1.33 bits per heavy atom. The minimum Gasteiger partial charge on any atom is -0.449 e. The standard InChI is InChI=1S/C17H23ClN2O4/c1-12(2)11-24-17(23)20-9-15(21)8-19(16(22)10-20)7-13-3-5-14(18)6-4-13/h3-6,12,15,21H,7-11H2,1-2H3. The van der Waals surface area contributed by atoms with Crippen LogP contribution in [0, 0.1) is 5.92 Å². The highest BCUT2D eigenvalue weighted by atomic mass is 35.5. The van der Waals surface area contributed by atoms with Crippen molar-refractivity contribution in [3.05, 3.63) is 34.9 Å². The van der Waals surface area contributed by atoms with Crippen molar-refractivity contribution in [1.29, 1.82) is 0 Å². The second kappa shape index (κ2) is 8.35. The lowest BCUT2D eigenvalue weighted by atomic mass is 10.2. The molecule has 1 aliphatic rings. The van der Waals surface area contributed by atoms with Gasteiger partial charge in [0.2, 0.25) is 5.91 Å². The summed E-state index contributed by atoms with van der Waals surface area (Å²) in [5, 5.41) is 10.8. The van der Waals surface area contributed by atoms with Gasteiger partial charge in [0.25, 0.3) is 0 Å². The van der Waals surface area contributed by atoms with Gasteiger partial charge in [0.15, 0.2) is 0 Å². The first kappa shape index (κ1) is 18.5. The van der Waals surface area contributed by atoms with E-state index in [4.69, 9.17) is 16.3 Å². The van der Waals surface area contributed by atoms with E-state index in [0.717, 1.165) is 5.56 Å². The zero-order valence-electron chi connectivity index (χ0n) is 13.9. The van der Waals surface area contributed by atoms with Crippen LogP contribution < -0.4 is 0 Å². The molecule has 6 nitrogen and oxygen atoms in total. The number of rotatable bonds is 4. The monoisotopic (exact) mass is 354 g/mol. The quantitative estimate of drug-likeness (QED) is 0.899. The number of benzene rings is 1. The van der Waals surface area contributed by atoms with E-state index in [-0.39, 0.29) is 38.1 Å². The number of carbonyl (C=O) groups excluding carboxylic acids is 2. The molecule has 24 heavy (non-hydrogen) atoms. The smallest absolute Gasteiger partial charge is 0.410 e. The van der Waals surface area contributed by atoms with Crippen LogP contribution in [0.2, 0.25) is 5.02 Å². The number of carbonyl (C=O) groups is 2. The molecule has 0 radical (unpaired) electrons. The molecular formula is C17H23ClN2O4. The van der Waals surface area contributed by atoms with Crippen LogP contribution in [0.25, 0.3) is 0 Å². The van der Waals surface area contributed by atoms with Gasteiger partial charge in [-0.05, 0) is 23.6 Å². The minimum absolute atomic E-state index is 0.0831. The molecule has 1 N–H and O–H groups in total. The van der Waals surface area contributed by atoms with Gasteiger partial charge in [-0.1, -0.05) is 37.6 Å². The molecule has 1 aromatic rings. The Balaban J connectivity index is 2.00. The number of halogens is 1. The highest BCUT2D eigenvalue weighted by Gasteiger charge is 2.30. The van der Waals surface area contributed by atoms with Crippen molar-refractivity contribution in [2.75, 3.05) is 26.2 Å². The van der Waals surface area contributed by atoms with Crippen molar-refractivity contribution >= 4 is 23.6 Å². The van der Waals surface area contributed by atoms with E-state index in [1.54, 1.807) is 17.0 Å². The van der Waals surface area contributed by atoms with E-state index in [9.17, 15) is 14.7 Å². The maximum absolute atomic E-state index is 12.4. The summed E-state index contributed by atoms with van der Waals surface area (Å²) >= 11 is 5.86. The Labute approximate surface area is 146 Å². The van der Waals surface area contributed by atoms with Crippen LogP contribution in [0.5, 0.6) is 0 Å². The Morgan fingerprint density at radius 3 is 2.62 bits per heavy atom. The van der Waals surface area contributed by atoms with Crippen LogP contribution in [0.4, 0.5) is 4.79 Å². The van der Waals surface area contributed by atoms with Gasteiger partial charge in [-0.2, -0.15) is 0 Å². The molecule has 1 aliphatic heterocycles. The molecular weight excluding hydrogens is 332 g/mol. The summed E-state index contributed by atoms with van der Waals surface area (Å²) in [5.41, 5.74) is 0.913. The molecule has 0 aromatic heterocycles. The molecule has 1 saturated heterocycles. The number of nitrogens with zero attached hydrogens (tertiary/aromatic N) is 2. The van der Waals surface area contributed by atoms with Crippen molar-refractivity contribution in [2.45, 2.75) is 26.5 Å². The highest BCUT2D eigenvalue weighted by molar-refractivity contribution is 6.30. The molecule has 1 unspecified atom stereocenters. The van der Waals surface area contributed by atoms with Crippen LogP contribution in [0.3, 0.4) is 0 Å². The minimum atomic E-state index is -0.810. The number of ether oxygens (including phenoxy) is 1. The molecule has 132 valence electrons. The topological polar surface area (TPSA) is 70.1 Å². The number of hydrogen-bond acceptors (Lipinski definition) is 4. The number of β-amino-alcohol motifs (C(OH)–C–C–N with tert-alkyl or cyclic N) is 1. The van der Waals surface area contributed by atoms with Gasteiger partial charge in [-0.25, -0.2) is 4.79 Å². The molecule has 0 spiro atoms. The van der Waals surface area contributed by atoms with E-state index in [0.29, 0.717) is 11.6 Å². The van der Waals surface area contributed by atoms with Crippen LogP contribution in [0.15, 0.2) is 24.3 Å². The molecule has 1 heterocycles. The maximum atomic E-state index is 12.4. The Hall–Kier alpha value is -1.79. The lowest BCUT2D eigenvalue weighted by Gasteiger charge is -2.22. The molecule has 2 amide bonds. The number of hydrogen-bond donors (Lipinski definition) is 1. The predicted molar refractivity (Wildman–Crippen MR) is 90.6 cm³/mol. The van der Waals surface area contributed by atoms with Gasteiger partial charge < -0.3 is 14.7 Å². The summed E-state index contributed by atoms with van der Waals surface area (Å²) in [5.74, 6) is -0.00838. The van der Waals surface area contributed by atoms with Crippen molar-refractivity contribution in [2.24, 2.45) is 5.92 Å². The Kier molecular flexibility index (Phi) is 6.45. The lowest BCUT2D eigenvalue weighted by Crippen LogP contribution is -2.40. The van der Waals surface area contributed by atoms with E-state index < -0.39 is 12.2 Å². The zero-order chi connectivity index (χ0) is 17.7. The molecule has 1 aromatic carbocycles. The van der Waals surface area contributed by atoms with Crippen molar-refractivity contribution in [1.82, 2.24) is 9.80 Å². The van der Waals surface area contributed by atoms with Gasteiger partial charge in [0.05, 0.1) is 19.3 Å². The first-order valence-electron chi connectivity index (χ1n) is 7.97. The zero-order valence-corrected chi connectivity index (χ0v) is 14.7. The van der Waals surface area contributed by atoms with Gasteiger partial charge in [0.1, 0.15) is 6.54 Å². The highest BCUT2D eigenvalue weighted by Crippen LogP contribution is 2.14. The summed E-state index contributed by atoms with van der Waals surface area (Å²) < 4.78 is 5.15. The fourth-order valence-electron chi connectivity index (χ4n) is 2.43. The number of aliphatic hydroxyl groups is 1. The summed E-state index contributed by atoms with van der Waals surface area (Å²) in [6, 6.07) is 7.18. The molecule has 0 saturated carbocycles. The third kappa shape index (κ3) is 5.39. The van der Waals surface area contributed by atoms with Crippen LogP contribution in [-0.2, 0) is 16.1 Å². The summed E-state index contributed by atoms with van der Waals surface area (Å²) in [4.78, 5) is 27.3. The lowest BCUT2D eigenvalue weighted by molar-refractivity contribution is -0.132. The SMILES string of the molecule is CC(C)COC(=O)N1CC(=O)N(Cc2ccc(Cl)cc2)CC(O)C1. The van der Waals surface area contributed by atoms with E-state index in [1.165, 1.54) is 4.90 Å². The molecule has 1 atom stereocenters. The molecule has 2 rings (SSSR count). The van der Waals surface area contributed by atoms with Crippen molar-refractivity contribution in [3.63, 3.8) is 0 Å². The first-order valence-corrected chi connectivity index (χ1v) is 8.35. The average molecular weight is 355 g/mol. The summed E-state index contributed by atoms with van der Waals surface area (Å²) in [6.07, 6.45) is -1.38. The van der Waals surface area contributed by atoms with Crippen LogP contribution in [-0.4, -0.2) is 59.3 Å². The predicted octanol–water partition coefficient (Wildman–Crippen LogP) is 2.14. The van der Waals surface area contributed by atoms with E-state index >= 15 is 0 Å². The maximum Gasteiger partial charge on any atom is 0.410 e. The van der Waals surface area contributed by atoms with Crippen LogP contribution >= 0.6 is 11.6 Å². The molecule has 0 aliphatic carbocycles. The first-order chi connectivity index (χ1) is 11.3. The van der Waals surface area contributed by atoms with Crippen molar-refractivity contribution < 1.29 is 19.4 Å². The Bertz CT molecular complexity index is 576. The second-order valence-corrected chi connectivity index (χ2v) is 6.84. The number of amides is 2. The molecule has 7 heteroatoms. The normalized spacial score (nSPS) is 18.7. The molecule has 1 fully saturated rings. The average Bonchev–Trinajstić information content (AvgIpc) is 2.66. The van der Waals surface area contributed by atoms with Crippen LogP contribution in [0.1, 0.15) is 19.4 Å². The third-order valence-electron chi connectivity index (χ3n) is 3.63. The largest absolute Gasteiger partial charge is 0.449 e. The van der Waals surface area contributed by atoms with Crippen molar-refractivity contribution in [3.8, 4) is 0 Å². The van der Waals surface area contributed by atoms with E-state index in [1.807, 2.05) is 26.0 Å². The third-order valence-corrected chi connectivity index (χ3v) is 3.88. The van der Waals surface area contributed by atoms with Gasteiger partial charge in [0, 0.05) is 18.1 Å². The summed E-state index contributed by atoms with van der Waals surface area (Å²) in [7, 11) is 0.